The lowest BCUT2D eigenvalue weighted by atomic mass is 10.1. The third-order valence-corrected chi connectivity index (χ3v) is 9.19. The Hall–Kier alpha value is -4.82. The molecule has 7 rings (SSSR count). The van der Waals surface area contributed by atoms with Crippen molar-refractivity contribution in [2.45, 2.75) is 26.0 Å². The second-order valence-electron chi connectivity index (χ2n) is 10.5. The van der Waals surface area contributed by atoms with Gasteiger partial charge in [0.05, 0.1) is 17.6 Å². The minimum atomic E-state index is -0.212. The molecule has 1 unspecified atom stereocenters. The van der Waals surface area contributed by atoms with Crippen LogP contribution in [0.3, 0.4) is 0 Å². The number of anilines is 2. The molecule has 1 saturated heterocycles. The van der Waals surface area contributed by atoms with Crippen LogP contribution in [0, 0.1) is 18.8 Å². The Labute approximate surface area is 262 Å². The van der Waals surface area contributed by atoms with Gasteiger partial charge in [-0.1, -0.05) is 36.3 Å². The number of fused-ring (bicyclic) bond motifs is 1. The van der Waals surface area contributed by atoms with Crippen molar-refractivity contribution in [3.63, 3.8) is 0 Å². The topological polar surface area (TPSA) is 94.0 Å². The number of benzene rings is 2. The lowest BCUT2D eigenvalue weighted by molar-refractivity contribution is 0.223. The Kier molecular flexibility index (Phi) is 7.90. The Bertz CT molecular complexity index is 2050. The number of nitrogens with one attached hydrogen (secondary N) is 2. The molecule has 0 aliphatic carbocycles. The molecule has 1 fully saturated rings. The van der Waals surface area contributed by atoms with Gasteiger partial charge in [0.15, 0.2) is 0 Å². The van der Waals surface area contributed by atoms with Gasteiger partial charge in [-0.15, -0.1) is 22.7 Å². The normalized spacial score (nSPS) is 14.3. The summed E-state index contributed by atoms with van der Waals surface area (Å²) in [6, 6.07) is 21.8. The number of ether oxygens (including phenoxy) is 1. The Balaban J connectivity index is 1.25. The third-order valence-electron chi connectivity index (χ3n) is 7.43. The van der Waals surface area contributed by atoms with Crippen LogP contribution in [0.2, 0.25) is 0 Å². The number of pyridine rings is 1. The third kappa shape index (κ3) is 5.98. The summed E-state index contributed by atoms with van der Waals surface area (Å²) in [5, 5.41) is 9.38. The molecule has 2 N–H and O–H groups in total. The highest BCUT2D eigenvalue weighted by molar-refractivity contribution is 7.13. The molecule has 44 heavy (non-hydrogen) atoms. The molecule has 10 heteroatoms. The molecule has 5 heterocycles. The SMILES string of the molecule is Cc1scnc1C#Cc1cc2cnc(Nc3ccc(OC4CCNC4)cc3)nc2n(Cc2ccsc2-c2ccccc2)c1=O. The number of rotatable bonds is 7. The molecule has 0 spiro atoms. The largest absolute Gasteiger partial charge is 0.489 e. The van der Waals surface area contributed by atoms with Crippen molar-refractivity contribution in [3.05, 3.63) is 116 Å². The molecule has 1 aliphatic rings. The maximum absolute atomic E-state index is 14.0. The van der Waals surface area contributed by atoms with Crippen molar-refractivity contribution in [2.75, 3.05) is 18.4 Å². The monoisotopic (exact) mass is 616 g/mol. The molecular weight excluding hydrogens is 589 g/mol. The van der Waals surface area contributed by atoms with Crippen molar-refractivity contribution in [2.24, 2.45) is 0 Å². The van der Waals surface area contributed by atoms with Gasteiger partial charge in [-0.3, -0.25) is 9.36 Å². The van der Waals surface area contributed by atoms with E-state index in [1.165, 1.54) is 11.3 Å². The van der Waals surface area contributed by atoms with Crippen LogP contribution in [0.25, 0.3) is 21.5 Å². The zero-order chi connectivity index (χ0) is 29.9. The molecule has 2 aromatic carbocycles. The maximum Gasteiger partial charge on any atom is 0.268 e. The van der Waals surface area contributed by atoms with Gasteiger partial charge in [-0.05, 0) is 78.7 Å². The summed E-state index contributed by atoms with van der Waals surface area (Å²) in [5.74, 6) is 7.37. The average Bonchev–Trinajstić information content (AvgIpc) is 3.83. The van der Waals surface area contributed by atoms with Gasteiger partial charge in [0.2, 0.25) is 5.95 Å². The first-order valence-corrected chi connectivity index (χ1v) is 16.1. The van der Waals surface area contributed by atoms with E-state index in [1.807, 2.05) is 49.4 Å². The van der Waals surface area contributed by atoms with Crippen molar-refractivity contribution < 1.29 is 4.74 Å². The number of thiazole rings is 1. The van der Waals surface area contributed by atoms with E-state index < -0.39 is 0 Å². The van der Waals surface area contributed by atoms with Gasteiger partial charge >= 0.3 is 0 Å². The minimum absolute atomic E-state index is 0.195. The van der Waals surface area contributed by atoms with Crippen LogP contribution in [-0.4, -0.2) is 38.7 Å². The van der Waals surface area contributed by atoms with Crippen molar-refractivity contribution in [3.8, 4) is 28.0 Å². The highest BCUT2D eigenvalue weighted by Crippen LogP contribution is 2.30. The van der Waals surface area contributed by atoms with Crippen LogP contribution < -0.4 is 20.9 Å². The summed E-state index contributed by atoms with van der Waals surface area (Å²) < 4.78 is 7.74. The first-order valence-electron chi connectivity index (χ1n) is 14.3. The van der Waals surface area contributed by atoms with Crippen LogP contribution >= 0.6 is 22.7 Å². The molecule has 4 aromatic heterocycles. The Morgan fingerprint density at radius 1 is 1.07 bits per heavy atom. The fraction of sp³-hybridized carbons (Fsp3) is 0.176. The van der Waals surface area contributed by atoms with Crippen molar-refractivity contribution in [1.82, 2.24) is 24.8 Å². The molecule has 0 radical (unpaired) electrons. The van der Waals surface area contributed by atoms with E-state index in [-0.39, 0.29) is 11.7 Å². The first kappa shape index (κ1) is 28.0. The van der Waals surface area contributed by atoms with Crippen molar-refractivity contribution in [1.29, 1.82) is 0 Å². The van der Waals surface area contributed by atoms with E-state index in [1.54, 1.807) is 33.7 Å². The molecular formula is C34H28N6O2S2. The number of nitrogens with zero attached hydrogens (tertiary/aromatic N) is 4. The summed E-state index contributed by atoms with van der Waals surface area (Å²) in [5.41, 5.74) is 6.09. The van der Waals surface area contributed by atoms with Crippen molar-refractivity contribution >= 4 is 45.3 Å². The van der Waals surface area contributed by atoms with E-state index in [0.29, 0.717) is 29.4 Å². The summed E-state index contributed by atoms with van der Waals surface area (Å²) in [6.45, 7) is 4.15. The fourth-order valence-corrected chi connectivity index (χ4v) is 6.60. The van der Waals surface area contributed by atoms with E-state index in [9.17, 15) is 4.79 Å². The Morgan fingerprint density at radius 3 is 2.70 bits per heavy atom. The van der Waals surface area contributed by atoms with Crippen LogP contribution in [0.15, 0.2) is 88.6 Å². The smallest absolute Gasteiger partial charge is 0.268 e. The quantitative estimate of drug-likeness (QED) is 0.206. The average molecular weight is 617 g/mol. The van der Waals surface area contributed by atoms with Gasteiger partial charge in [0.25, 0.3) is 5.56 Å². The van der Waals surface area contributed by atoms with Gasteiger partial charge in [0, 0.05) is 33.6 Å². The fourth-order valence-electron chi connectivity index (χ4n) is 5.15. The molecule has 218 valence electrons. The number of thiophene rings is 1. The highest BCUT2D eigenvalue weighted by Gasteiger charge is 2.17. The van der Waals surface area contributed by atoms with Crippen LogP contribution in [0.1, 0.15) is 28.1 Å². The molecule has 6 aromatic rings. The number of aromatic nitrogens is 4. The van der Waals surface area contributed by atoms with Gasteiger partial charge in [-0.2, -0.15) is 4.98 Å². The minimum Gasteiger partial charge on any atom is -0.489 e. The number of hydrogen-bond acceptors (Lipinski definition) is 9. The standard InChI is InChI=1S/C34H28N6O2S2/c1-22-30(37-21-44-22)12-7-24-17-26-18-36-34(38-27-8-10-28(11-9-27)42-29-13-15-35-19-29)39-32(26)40(33(24)41)20-25-14-16-43-31(25)23-5-3-2-4-6-23/h2-6,8-11,14,16-18,21,29,35H,13,15,19-20H2,1H3,(H,36,38,39). The van der Waals surface area contributed by atoms with Gasteiger partial charge < -0.3 is 15.4 Å². The number of hydrogen-bond donors (Lipinski definition) is 2. The molecule has 0 bridgehead atoms. The summed E-state index contributed by atoms with van der Waals surface area (Å²) >= 11 is 3.18. The molecule has 0 amide bonds. The summed E-state index contributed by atoms with van der Waals surface area (Å²) in [7, 11) is 0. The zero-order valence-corrected chi connectivity index (χ0v) is 25.5. The van der Waals surface area contributed by atoms with E-state index in [2.05, 4.69) is 56.0 Å². The lowest BCUT2D eigenvalue weighted by Gasteiger charge is -2.14. The molecule has 8 nitrogen and oxygen atoms in total. The van der Waals surface area contributed by atoms with Crippen LogP contribution in [-0.2, 0) is 6.54 Å². The summed E-state index contributed by atoms with van der Waals surface area (Å²) in [6.07, 6.45) is 2.93. The lowest BCUT2D eigenvalue weighted by Crippen LogP contribution is -2.24. The number of aryl methyl sites for hydroxylation is 1. The van der Waals surface area contributed by atoms with Crippen LogP contribution in [0.5, 0.6) is 5.75 Å². The van der Waals surface area contributed by atoms with E-state index in [4.69, 9.17) is 9.72 Å². The zero-order valence-electron chi connectivity index (χ0n) is 23.9. The molecule has 1 atom stereocenters. The summed E-state index contributed by atoms with van der Waals surface area (Å²) in [4.78, 5) is 29.9. The highest BCUT2D eigenvalue weighted by atomic mass is 32.1. The molecule has 0 saturated carbocycles. The predicted molar refractivity (Wildman–Crippen MR) is 177 cm³/mol. The second-order valence-corrected chi connectivity index (χ2v) is 12.4. The van der Waals surface area contributed by atoms with E-state index >= 15 is 0 Å². The van der Waals surface area contributed by atoms with E-state index in [0.717, 1.165) is 57.2 Å². The van der Waals surface area contributed by atoms with Crippen LogP contribution in [0.4, 0.5) is 11.6 Å². The predicted octanol–water partition coefficient (Wildman–Crippen LogP) is 6.22. The Morgan fingerprint density at radius 2 is 1.93 bits per heavy atom. The van der Waals surface area contributed by atoms with Gasteiger partial charge in [0.1, 0.15) is 23.2 Å². The maximum atomic E-state index is 14.0. The first-order chi connectivity index (χ1) is 21.6. The van der Waals surface area contributed by atoms with Gasteiger partial charge in [-0.25, -0.2) is 9.97 Å². The molecule has 1 aliphatic heterocycles. The second kappa shape index (κ2) is 12.4.